The predicted octanol–water partition coefficient (Wildman–Crippen LogP) is 2.95. The lowest BCUT2D eigenvalue weighted by Crippen LogP contribution is -2.19. The van der Waals surface area contributed by atoms with Crippen LogP contribution >= 0.6 is 0 Å². The first-order valence-electron chi connectivity index (χ1n) is 6.50. The van der Waals surface area contributed by atoms with Crippen LogP contribution in [0.3, 0.4) is 0 Å². The normalized spacial score (nSPS) is 14.8. The molecular weight excluding hydrogens is 228 g/mol. The quantitative estimate of drug-likeness (QED) is 0.854. The Hall–Kier alpha value is -1.55. The molecule has 1 heterocycles. The number of H-pyrrole nitrogens is 1. The highest BCUT2D eigenvalue weighted by Crippen LogP contribution is 2.25. The van der Waals surface area contributed by atoms with E-state index in [4.69, 9.17) is 10.2 Å². The van der Waals surface area contributed by atoms with Crippen LogP contribution in [0.25, 0.3) is 11.1 Å². The van der Waals surface area contributed by atoms with Gasteiger partial charge < -0.3 is 10.2 Å². The number of hydrogen-bond donors (Lipinski definition) is 2. The summed E-state index contributed by atoms with van der Waals surface area (Å²) in [6.07, 6.45) is 3.49. The van der Waals surface area contributed by atoms with E-state index in [1.54, 1.807) is 0 Å². The van der Waals surface area contributed by atoms with Crippen LogP contribution in [0.2, 0.25) is 0 Å². The molecule has 3 N–H and O–H groups in total. The van der Waals surface area contributed by atoms with Gasteiger partial charge in [-0.2, -0.15) is 0 Å². The van der Waals surface area contributed by atoms with Crippen molar-refractivity contribution in [2.75, 3.05) is 0 Å². The maximum Gasteiger partial charge on any atom is 0.417 e. The summed E-state index contributed by atoms with van der Waals surface area (Å²) in [7, 11) is 0. The zero-order valence-electron chi connectivity index (χ0n) is 10.9. The lowest BCUT2D eigenvalue weighted by molar-refractivity contribution is 0.423. The fourth-order valence-electron chi connectivity index (χ4n) is 2.20. The third-order valence-electron chi connectivity index (χ3n) is 3.46. The zero-order valence-corrected chi connectivity index (χ0v) is 10.9. The fraction of sp³-hybridized carbons (Fsp3) is 0.500. The van der Waals surface area contributed by atoms with Gasteiger partial charge in [-0.25, -0.2) is 4.79 Å². The van der Waals surface area contributed by atoms with E-state index in [2.05, 4.69) is 18.8 Å². The second-order valence-electron chi connectivity index (χ2n) is 4.92. The minimum absolute atomic E-state index is 0.0128. The molecule has 4 nitrogen and oxygen atoms in total. The molecule has 0 saturated carbocycles. The highest BCUT2D eigenvalue weighted by Gasteiger charge is 2.15. The standard InChI is InChI=1S/C14H20N2O2/c1-3-4-5-9(2)13(15)10-6-7-11-12(8-10)18-14(17)16-11/h6-9,13H,3-5,15H2,1-2H3,(H,16,17). The molecule has 0 spiro atoms. The van der Waals surface area contributed by atoms with Crippen LogP contribution in [0.4, 0.5) is 0 Å². The molecular formula is C14H20N2O2. The van der Waals surface area contributed by atoms with Gasteiger partial charge in [0.1, 0.15) is 0 Å². The molecule has 98 valence electrons. The van der Waals surface area contributed by atoms with Gasteiger partial charge in [-0.05, 0) is 30.0 Å². The Kier molecular flexibility index (Phi) is 3.87. The van der Waals surface area contributed by atoms with Crippen molar-refractivity contribution >= 4 is 11.1 Å². The van der Waals surface area contributed by atoms with Crippen LogP contribution in [-0.2, 0) is 0 Å². The molecule has 1 aromatic heterocycles. The summed E-state index contributed by atoms with van der Waals surface area (Å²) in [4.78, 5) is 13.7. The molecule has 0 aliphatic heterocycles. The van der Waals surface area contributed by atoms with Gasteiger partial charge in [0.05, 0.1) is 5.52 Å². The van der Waals surface area contributed by atoms with Crippen molar-refractivity contribution in [1.29, 1.82) is 0 Å². The molecule has 18 heavy (non-hydrogen) atoms. The molecule has 0 aliphatic carbocycles. The Labute approximate surface area is 106 Å². The Bertz CT molecular complexity index is 570. The Balaban J connectivity index is 2.21. The van der Waals surface area contributed by atoms with Crippen LogP contribution in [-0.4, -0.2) is 4.98 Å². The van der Waals surface area contributed by atoms with Gasteiger partial charge in [-0.15, -0.1) is 0 Å². The lowest BCUT2D eigenvalue weighted by atomic mass is 9.91. The molecule has 0 amide bonds. The lowest BCUT2D eigenvalue weighted by Gasteiger charge is -2.19. The number of benzene rings is 1. The number of oxazole rings is 1. The van der Waals surface area contributed by atoms with E-state index in [9.17, 15) is 4.79 Å². The van der Waals surface area contributed by atoms with Crippen LogP contribution in [0.15, 0.2) is 27.4 Å². The van der Waals surface area contributed by atoms with Gasteiger partial charge in [0.25, 0.3) is 0 Å². The average molecular weight is 248 g/mol. The Morgan fingerprint density at radius 1 is 1.44 bits per heavy atom. The molecule has 2 aromatic rings. The summed E-state index contributed by atoms with van der Waals surface area (Å²) in [5.74, 6) is 0.00261. The monoisotopic (exact) mass is 248 g/mol. The van der Waals surface area contributed by atoms with E-state index >= 15 is 0 Å². The molecule has 0 aliphatic rings. The van der Waals surface area contributed by atoms with Crippen molar-refractivity contribution in [3.05, 3.63) is 34.3 Å². The maximum absolute atomic E-state index is 11.1. The molecule has 2 unspecified atom stereocenters. The van der Waals surface area contributed by atoms with Crippen molar-refractivity contribution in [2.45, 2.75) is 39.2 Å². The number of unbranched alkanes of at least 4 members (excludes halogenated alkanes) is 1. The van der Waals surface area contributed by atoms with Gasteiger partial charge in [0.2, 0.25) is 0 Å². The SMILES string of the molecule is CCCCC(C)C(N)c1ccc2[nH]c(=O)oc2c1. The number of hydrogen-bond acceptors (Lipinski definition) is 3. The largest absolute Gasteiger partial charge is 0.417 e. The highest BCUT2D eigenvalue weighted by molar-refractivity contribution is 5.72. The smallest absolute Gasteiger partial charge is 0.408 e. The number of aromatic nitrogens is 1. The number of aromatic amines is 1. The number of rotatable bonds is 5. The molecule has 2 rings (SSSR count). The second-order valence-corrected chi connectivity index (χ2v) is 4.92. The topological polar surface area (TPSA) is 72.0 Å². The highest BCUT2D eigenvalue weighted by atomic mass is 16.4. The van der Waals surface area contributed by atoms with Crippen LogP contribution in [0.1, 0.15) is 44.7 Å². The second kappa shape index (κ2) is 5.40. The molecule has 0 saturated heterocycles. The summed E-state index contributed by atoms with van der Waals surface area (Å²) in [5.41, 5.74) is 8.57. The number of nitrogens with one attached hydrogen (secondary N) is 1. The first-order valence-corrected chi connectivity index (χ1v) is 6.50. The van der Waals surface area contributed by atoms with E-state index in [1.807, 2.05) is 18.2 Å². The van der Waals surface area contributed by atoms with Gasteiger partial charge in [0.15, 0.2) is 5.58 Å². The van der Waals surface area contributed by atoms with E-state index in [1.165, 1.54) is 12.8 Å². The van der Waals surface area contributed by atoms with Crippen LogP contribution < -0.4 is 11.5 Å². The average Bonchev–Trinajstić information content (AvgIpc) is 2.73. The minimum atomic E-state index is -0.422. The first kappa shape index (κ1) is 12.9. The summed E-state index contributed by atoms with van der Waals surface area (Å²) >= 11 is 0. The zero-order chi connectivity index (χ0) is 13.1. The maximum atomic E-state index is 11.1. The van der Waals surface area contributed by atoms with E-state index in [0.717, 1.165) is 17.5 Å². The summed E-state index contributed by atoms with van der Waals surface area (Å²) in [6.45, 7) is 4.34. The minimum Gasteiger partial charge on any atom is -0.408 e. The number of fused-ring (bicyclic) bond motifs is 1. The summed E-state index contributed by atoms with van der Waals surface area (Å²) in [6, 6.07) is 5.66. The van der Waals surface area contributed by atoms with Gasteiger partial charge >= 0.3 is 5.76 Å². The number of nitrogens with two attached hydrogens (primary N) is 1. The first-order chi connectivity index (χ1) is 8.61. The molecule has 0 fully saturated rings. The van der Waals surface area contributed by atoms with E-state index < -0.39 is 5.76 Å². The van der Waals surface area contributed by atoms with Gasteiger partial charge in [0, 0.05) is 6.04 Å². The third kappa shape index (κ3) is 2.64. The molecule has 2 atom stereocenters. The van der Waals surface area contributed by atoms with Crippen LogP contribution in [0.5, 0.6) is 0 Å². The van der Waals surface area contributed by atoms with Crippen molar-refractivity contribution in [1.82, 2.24) is 4.98 Å². The Morgan fingerprint density at radius 3 is 2.94 bits per heavy atom. The molecule has 0 bridgehead atoms. The van der Waals surface area contributed by atoms with Crippen molar-refractivity contribution in [2.24, 2.45) is 11.7 Å². The molecule has 1 aromatic carbocycles. The fourth-order valence-corrected chi connectivity index (χ4v) is 2.20. The van der Waals surface area contributed by atoms with E-state index in [-0.39, 0.29) is 6.04 Å². The van der Waals surface area contributed by atoms with Gasteiger partial charge in [-0.1, -0.05) is 32.8 Å². The molecule has 4 heteroatoms. The summed E-state index contributed by atoms with van der Waals surface area (Å²) < 4.78 is 5.05. The van der Waals surface area contributed by atoms with Crippen molar-refractivity contribution in [3.8, 4) is 0 Å². The van der Waals surface area contributed by atoms with Crippen molar-refractivity contribution in [3.63, 3.8) is 0 Å². The van der Waals surface area contributed by atoms with Crippen molar-refractivity contribution < 1.29 is 4.42 Å². The van der Waals surface area contributed by atoms with Gasteiger partial charge in [-0.3, -0.25) is 4.98 Å². The Morgan fingerprint density at radius 2 is 2.22 bits per heavy atom. The van der Waals surface area contributed by atoms with Crippen LogP contribution in [0, 0.1) is 5.92 Å². The molecule has 0 radical (unpaired) electrons. The predicted molar refractivity (Wildman–Crippen MR) is 72.5 cm³/mol. The summed E-state index contributed by atoms with van der Waals surface area (Å²) in [5, 5.41) is 0. The van der Waals surface area contributed by atoms with E-state index in [0.29, 0.717) is 11.5 Å². The third-order valence-corrected chi connectivity index (χ3v) is 3.46.